The Morgan fingerprint density at radius 1 is 0.804 bits per heavy atom. The SMILES string of the molecule is CCCN(CC(=O)Nc1ccc(CN(Cc2ccc(NC(=O)C3CCCN3C(=O)C(NC(=O)OC)C(C)C)cc2)c2ccccc2)cc1)C(=O)CNC(=O)OC. The first-order valence-corrected chi connectivity index (χ1v) is 18.8. The van der Waals surface area contributed by atoms with E-state index in [-0.39, 0.29) is 42.6 Å². The summed E-state index contributed by atoms with van der Waals surface area (Å²) in [5, 5.41) is 10.8. The van der Waals surface area contributed by atoms with Crippen molar-refractivity contribution in [3.8, 4) is 0 Å². The third-order valence-corrected chi connectivity index (χ3v) is 9.31. The van der Waals surface area contributed by atoms with Gasteiger partial charge >= 0.3 is 12.2 Å². The molecule has 6 amide bonds. The average molecular weight is 772 g/mol. The van der Waals surface area contributed by atoms with Gasteiger partial charge in [0.2, 0.25) is 23.6 Å². The van der Waals surface area contributed by atoms with Gasteiger partial charge in [-0.3, -0.25) is 19.2 Å². The number of nitrogens with one attached hydrogen (secondary N) is 4. The lowest BCUT2D eigenvalue weighted by Crippen LogP contribution is -2.54. The van der Waals surface area contributed by atoms with Gasteiger partial charge in [0.25, 0.3) is 0 Å². The zero-order chi connectivity index (χ0) is 40.6. The molecule has 4 N–H and O–H groups in total. The van der Waals surface area contributed by atoms with Crippen LogP contribution in [0.1, 0.15) is 51.2 Å². The van der Waals surface area contributed by atoms with Gasteiger partial charge in [-0.25, -0.2) is 9.59 Å². The van der Waals surface area contributed by atoms with Gasteiger partial charge in [0.15, 0.2) is 0 Å². The highest BCUT2D eigenvalue weighted by molar-refractivity contribution is 5.99. The van der Waals surface area contributed by atoms with Gasteiger partial charge < -0.3 is 45.4 Å². The normalized spacial score (nSPS) is 14.0. The van der Waals surface area contributed by atoms with Crippen molar-refractivity contribution in [3.05, 3.63) is 90.0 Å². The number of hydrogen-bond acceptors (Lipinski definition) is 9. The van der Waals surface area contributed by atoms with Crippen LogP contribution in [0, 0.1) is 5.92 Å². The number of anilines is 3. The maximum Gasteiger partial charge on any atom is 0.407 e. The number of hydrogen-bond donors (Lipinski definition) is 4. The molecule has 2 unspecified atom stereocenters. The number of carbonyl (C=O) groups is 6. The summed E-state index contributed by atoms with van der Waals surface area (Å²) in [6.45, 7) is 7.05. The van der Waals surface area contributed by atoms with Crippen molar-refractivity contribution < 1.29 is 38.2 Å². The number of likely N-dealkylation sites (tertiary alicyclic amines) is 1. The van der Waals surface area contributed by atoms with Crippen LogP contribution in [0.4, 0.5) is 26.7 Å². The van der Waals surface area contributed by atoms with Crippen LogP contribution in [-0.4, -0.2) is 98.1 Å². The van der Waals surface area contributed by atoms with Crippen molar-refractivity contribution in [2.45, 2.75) is 65.2 Å². The third-order valence-electron chi connectivity index (χ3n) is 9.31. The molecule has 0 aromatic heterocycles. The zero-order valence-electron chi connectivity index (χ0n) is 32.7. The molecule has 0 spiro atoms. The zero-order valence-corrected chi connectivity index (χ0v) is 32.7. The maximum absolute atomic E-state index is 13.4. The van der Waals surface area contributed by atoms with Crippen LogP contribution < -0.4 is 26.2 Å². The van der Waals surface area contributed by atoms with E-state index in [0.29, 0.717) is 56.8 Å². The number of benzene rings is 3. The quantitative estimate of drug-likeness (QED) is 0.151. The van der Waals surface area contributed by atoms with Crippen LogP contribution in [0.25, 0.3) is 0 Å². The predicted octanol–water partition coefficient (Wildman–Crippen LogP) is 4.74. The van der Waals surface area contributed by atoms with Crippen LogP contribution in [0.15, 0.2) is 78.9 Å². The van der Waals surface area contributed by atoms with E-state index < -0.39 is 24.3 Å². The first kappa shape index (κ1) is 42.6. The van der Waals surface area contributed by atoms with Gasteiger partial charge in [0.05, 0.1) is 20.8 Å². The molecule has 15 heteroatoms. The van der Waals surface area contributed by atoms with Crippen LogP contribution in [0.2, 0.25) is 0 Å². The highest BCUT2D eigenvalue weighted by Gasteiger charge is 2.38. The lowest BCUT2D eigenvalue weighted by Gasteiger charge is -2.30. The molecule has 300 valence electrons. The summed E-state index contributed by atoms with van der Waals surface area (Å²) in [6, 6.07) is 23.6. The number of carbonyl (C=O) groups excluding carboxylic acids is 6. The molecule has 1 aliphatic rings. The van der Waals surface area contributed by atoms with E-state index >= 15 is 0 Å². The molecular weight excluding hydrogens is 718 g/mol. The van der Waals surface area contributed by atoms with E-state index in [1.54, 1.807) is 4.90 Å². The number of para-hydroxylation sites is 1. The van der Waals surface area contributed by atoms with E-state index in [1.165, 1.54) is 19.1 Å². The Kier molecular flexibility index (Phi) is 16.1. The highest BCUT2D eigenvalue weighted by atomic mass is 16.5. The second kappa shape index (κ2) is 21.1. The fourth-order valence-corrected chi connectivity index (χ4v) is 6.38. The minimum absolute atomic E-state index is 0.158. The Hall–Kier alpha value is -6.12. The van der Waals surface area contributed by atoms with E-state index in [9.17, 15) is 28.8 Å². The summed E-state index contributed by atoms with van der Waals surface area (Å²) in [4.78, 5) is 80.6. The molecule has 2 atom stereocenters. The summed E-state index contributed by atoms with van der Waals surface area (Å²) < 4.78 is 9.21. The first-order chi connectivity index (χ1) is 26.9. The fraction of sp³-hybridized carbons (Fsp3) is 0.415. The largest absolute Gasteiger partial charge is 0.453 e. The minimum Gasteiger partial charge on any atom is -0.453 e. The molecule has 0 bridgehead atoms. The van der Waals surface area contributed by atoms with Gasteiger partial charge in [-0.2, -0.15) is 0 Å². The molecule has 1 saturated heterocycles. The van der Waals surface area contributed by atoms with Crippen molar-refractivity contribution in [1.29, 1.82) is 0 Å². The molecule has 4 rings (SSSR count). The molecular formula is C41H53N7O8. The van der Waals surface area contributed by atoms with Crippen molar-refractivity contribution >= 4 is 52.9 Å². The third kappa shape index (κ3) is 12.5. The Balaban J connectivity index is 1.37. The molecule has 56 heavy (non-hydrogen) atoms. The van der Waals surface area contributed by atoms with Gasteiger partial charge in [0.1, 0.15) is 18.6 Å². The van der Waals surface area contributed by atoms with Crippen LogP contribution >= 0.6 is 0 Å². The predicted molar refractivity (Wildman–Crippen MR) is 213 cm³/mol. The standard InChI is InChI=1S/C41H53N7O8/c1-6-22-46(36(50)24-42-40(53)55-4)27-35(49)43-31-18-14-29(15-19-31)25-47(33-11-8-7-9-12-33)26-30-16-20-32(21-17-30)44-38(51)34-13-10-23-48(34)39(52)37(28(2)3)45-41(54)56-5/h7-9,11-12,14-21,28,34,37H,6,10,13,22-27H2,1-5H3,(H,42,53)(H,43,49)(H,44,51)(H,45,54). The molecule has 1 fully saturated rings. The summed E-state index contributed by atoms with van der Waals surface area (Å²) in [5.41, 5.74) is 4.22. The number of ether oxygens (including phenoxy) is 2. The van der Waals surface area contributed by atoms with E-state index in [4.69, 9.17) is 4.74 Å². The van der Waals surface area contributed by atoms with Crippen LogP contribution in [-0.2, 0) is 41.7 Å². The molecule has 1 aliphatic heterocycles. The lowest BCUT2D eigenvalue weighted by atomic mass is 10.0. The lowest BCUT2D eigenvalue weighted by molar-refractivity contribution is -0.139. The summed E-state index contributed by atoms with van der Waals surface area (Å²) >= 11 is 0. The molecule has 3 aromatic rings. The van der Waals surface area contributed by atoms with Crippen molar-refractivity contribution in [2.75, 3.05) is 55.9 Å². The van der Waals surface area contributed by atoms with Crippen LogP contribution in [0.5, 0.6) is 0 Å². The maximum atomic E-state index is 13.4. The van der Waals surface area contributed by atoms with Crippen molar-refractivity contribution in [3.63, 3.8) is 0 Å². The van der Waals surface area contributed by atoms with Crippen LogP contribution in [0.3, 0.4) is 0 Å². The molecule has 0 aliphatic carbocycles. The number of rotatable bonds is 17. The number of nitrogens with zero attached hydrogens (tertiary/aromatic N) is 3. The summed E-state index contributed by atoms with van der Waals surface area (Å²) in [5.74, 6) is -1.54. The molecule has 15 nitrogen and oxygen atoms in total. The Bertz CT molecular complexity index is 1790. The molecule has 1 heterocycles. The number of alkyl carbamates (subject to hydrolysis) is 2. The van der Waals surface area contributed by atoms with E-state index in [1.807, 2.05) is 99.6 Å². The van der Waals surface area contributed by atoms with Crippen molar-refractivity contribution in [2.24, 2.45) is 5.92 Å². The molecule has 0 saturated carbocycles. The summed E-state index contributed by atoms with van der Waals surface area (Å²) in [6.07, 6.45) is 0.428. The number of amides is 6. The molecule has 3 aromatic carbocycles. The topological polar surface area (TPSA) is 179 Å². The Labute approximate surface area is 328 Å². The Morgan fingerprint density at radius 3 is 1.95 bits per heavy atom. The monoisotopic (exact) mass is 771 g/mol. The minimum atomic E-state index is -0.809. The number of methoxy groups -OCH3 is 2. The van der Waals surface area contributed by atoms with Gasteiger partial charge in [-0.15, -0.1) is 0 Å². The fourth-order valence-electron chi connectivity index (χ4n) is 6.38. The second-order valence-electron chi connectivity index (χ2n) is 13.8. The second-order valence-corrected chi connectivity index (χ2v) is 13.8. The van der Waals surface area contributed by atoms with E-state index in [2.05, 4.69) is 30.9 Å². The van der Waals surface area contributed by atoms with Gasteiger partial charge in [-0.1, -0.05) is 63.2 Å². The summed E-state index contributed by atoms with van der Waals surface area (Å²) in [7, 11) is 2.45. The highest BCUT2D eigenvalue weighted by Crippen LogP contribution is 2.24. The van der Waals surface area contributed by atoms with E-state index in [0.717, 1.165) is 16.8 Å². The van der Waals surface area contributed by atoms with Gasteiger partial charge in [-0.05, 0) is 72.7 Å². The van der Waals surface area contributed by atoms with Crippen molar-refractivity contribution in [1.82, 2.24) is 20.4 Å². The average Bonchev–Trinajstić information content (AvgIpc) is 3.70. The Morgan fingerprint density at radius 2 is 1.39 bits per heavy atom. The molecule has 0 radical (unpaired) electrons. The van der Waals surface area contributed by atoms with Gasteiger partial charge in [0, 0.05) is 43.2 Å². The first-order valence-electron chi connectivity index (χ1n) is 18.8. The smallest absolute Gasteiger partial charge is 0.407 e.